The first-order valence-corrected chi connectivity index (χ1v) is 11.6. The van der Waals surface area contributed by atoms with Gasteiger partial charge in [0.15, 0.2) is 11.5 Å². The molecule has 0 aromatic carbocycles. The summed E-state index contributed by atoms with van der Waals surface area (Å²) < 4.78 is 24.5. The molecule has 9 nitrogen and oxygen atoms in total. The van der Waals surface area contributed by atoms with Crippen LogP contribution in [0.5, 0.6) is 0 Å². The Morgan fingerprint density at radius 2 is 1.03 bits per heavy atom. The zero-order valence-electron chi connectivity index (χ0n) is 18.4. The van der Waals surface area contributed by atoms with Gasteiger partial charge in [-0.25, -0.2) is 4.57 Å². The maximum absolute atomic E-state index is 13.6. The van der Waals surface area contributed by atoms with Crippen LogP contribution >= 0.6 is 18.2 Å². The van der Waals surface area contributed by atoms with E-state index in [4.69, 9.17) is 9.05 Å². The Balaban J connectivity index is 6.17. The largest absolute Gasteiger partial charge is 0.498 e. The molecule has 0 fully saturated rings. The first kappa shape index (κ1) is 26.8. The second-order valence-electron chi connectivity index (χ2n) is 6.28. The molecule has 0 aromatic rings. The van der Waals surface area contributed by atoms with Crippen molar-refractivity contribution in [2.45, 2.75) is 20.8 Å². The molecule has 0 atom stereocenters. The third-order valence-corrected chi connectivity index (χ3v) is 6.65. The highest BCUT2D eigenvalue weighted by Crippen LogP contribution is 2.66. The smallest absolute Gasteiger partial charge is 0.403 e. The maximum Gasteiger partial charge on any atom is 0.498 e. The van der Waals surface area contributed by atoms with Crippen molar-refractivity contribution < 1.29 is 28.0 Å². The predicted octanol–water partition coefficient (Wildman–Crippen LogP) is 2.84. The fourth-order valence-corrected chi connectivity index (χ4v) is 5.27. The average molecular weight is 447 g/mol. The third-order valence-electron chi connectivity index (χ3n) is 3.27. The fourth-order valence-electron chi connectivity index (χ4n) is 1.72. The van der Waals surface area contributed by atoms with Crippen LogP contribution in [0.4, 0.5) is 0 Å². The molecule has 0 N–H and O–H groups in total. The van der Waals surface area contributed by atoms with Gasteiger partial charge >= 0.3 is 6.80 Å². The van der Waals surface area contributed by atoms with E-state index in [0.29, 0.717) is 11.4 Å². The minimum atomic E-state index is -4.25. The van der Waals surface area contributed by atoms with Gasteiger partial charge in [0.25, 0.3) is 17.7 Å². The number of allylic oxidation sites excluding steroid dienone is 3. The molecular formula is C18H30N3O6PS. The summed E-state index contributed by atoms with van der Waals surface area (Å²) in [5, 5.41) is 0. The topological polar surface area (TPSA) is 96.5 Å². The lowest BCUT2D eigenvalue weighted by molar-refractivity contribution is -0.127. The summed E-state index contributed by atoms with van der Waals surface area (Å²) >= 11 is 0.532. The number of rotatable bonds is 9. The van der Waals surface area contributed by atoms with Crippen molar-refractivity contribution >= 4 is 35.9 Å². The minimum Gasteiger partial charge on any atom is -0.403 e. The molecule has 3 amide bonds. The fraction of sp³-hybridized carbons (Fsp3) is 0.500. The van der Waals surface area contributed by atoms with Crippen molar-refractivity contribution in [3.05, 3.63) is 34.7 Å². The van der Waals surface area contributed by atoms with Gasteiger partial charge in [0.05, 0.1) is 4.91 Å². The SMILES string of the molecule is C/C=C(/OP(=O)(O/C(=C/C)C(=O)N(C)C)S/C(=C/C)C(=O)N(C)C)C(=O)N(C)C. The summed E-state index contributed by atoms with van der Waals surface area (Å²) in [6.45, 7) is 0.419. The van der Waals surface area contributed by atoms with E-state index in [1.165, 1.54) is 75.0 Å². The number of hydrogen-bond acceptors (Lipinski definition) is 7. The van der Waals surface area contributed by atoms with Crippen molar-refractivity contribution in [3.63, 3.8) is 0 Å². The predicted molar refractivity (Wildman–Crippen MR) is 115 cm³/mol. The molecule has 11 heteroatoms. The summed E-state index contributed by atoms with van der Waals surface area (Å²) in [5.41, 5.74) is 0. The highest BCUT2D eigenvalue weighted by molar-refractivity contribution is 8.57. The molecule has 0 radical (unpaired) electrons. The zero-order valence-corrected chi connectivity index (χ0v) is 20.1. The highest BCUT2D eigenvalue weighted by Gasteiger charge is 2.38. The van der Waals surface area contributed by atoms with Gasteiger partial charge in [-0.1, -0.05) is 6.08 Å². The zero-order chi connectivity index (χ0) is 22.9. The number of hydrogen-bond donors (Lipinski definition) is 0. The Morgan fingerprint density at radius 1 is 0.690 bits per heavy atom. The molecule has 0 aliphatic heterocycles. The Morgan fingerprint density at radius 3 is 1.28 bits per heavy atom. The molecule has 0 aromatic heterocycles. The molecule has 0 saturated carbocycles. The first-order chi connectivity index (χ1) is 13.3. The maximum atomic E-state index is 13.6. The van der Waals surface area contributed by atoms with Gasteiger partial charge < -0.3 is 23.7 Å². The second kappa shape index (κ2) is 11.7. The molecule has 0 aliphatic carbocycles. The molecule has 0 unspecified atom stereocenters. The van der Waals surface area contributed by atoms with E-state index in [0.717, 1.165) is 0 Å². The lowest BCUT2D eigenvalue weighted by Crippen LogP contribution is -2.26. The number of carbonyl (C=O) groups is 3. The van der Waals surface area contributed by atoms with E-state index in [-0.39, 0.29) is 16.4 Å². The summed E-state index contributed by atoms with van der Waals surface area (Å²) in [6, 6.07) is 0. The lowest BCUT2D eigenvalue weighted by atomic mass is 10.4. The molecule has 164 valence electrons. The van der Waals surface area contributed by atoms with Crippen LogP contribution < -0.4 is 0 Å². The van der Waals surface area contributed by atoms with E-state index in [1.807, 2.05) is 0 Å². The van der Waals surface area contributed by atoms with Crippen LogP contribution in [0.1, 0.15) is 20.8 Å². The number of carbonyl (C=O) groups excluding carboxylic acids is 3. The molecule has 0 bridgehead atoms. The van der Waals surface area contributed by atoms with Crippen LogP contribution in [0, 0.1) is 0 Å². The summed E-state index contributed by atoms with van der Waals surface area (Å²) in [6.07, 6.45) is 4.13. The Kier molecular flexibility index (Phi) is 10.8. The van der Waals surface area contributed by atoms with Crippen molar-refractivity contribution in [1.82, 2.24) is 14.7 Å². The number of nitrogens with zero attached hydrogens (tertiary/aromatic N) is 3. The van der Waals surface area contributed by atoms with Crippen molar-refractivity contribution in [1.29, 1.82) is 0 Å². The quantitative estimate of drug-likeness (QED) is 0.305. The summed E-state index contributed by atoms with van der Waals surface area (Å²) in [5.74, 6) is -1.97. The molecule has 0 aliphatic rings. The minimum absolute atomic E-state index is 0.0823. The summed E-state index contributed by atoms with van der Waals surface area (Å²) in [4.78, 5) is 40.9. The normalized spacial score (nSPS) is 12.9. The molecule has 0 heterocycles. The molecule has 0 saturated heterocycles. The van der Waals surface area contributed by atoms with Gasteiger partial charge in [-0.3, -0.25) is 14.4 Å². The van der Waals surface area contributed by atoms with E-state index < -0.39 is 24.5 Å². The first-order valence-electron chi connectivity index (χ1n) is 8.66. The number of likely N-dealkylation sites (N-methyl/N-ethyl adjacent to an activating group) is 3. The van der Waals surface area contributed by atoms with Crippen LogP contribution in [0.2, 0.25) is 0 Å². The van der Waals surface area contributed by atoms with Crippen LogP contribution in [0.3, 0.4) is 0 Å². The van der Waals surface area contributed by atoms with Crippen LogP contribution in [-0.4, -0.2) is 74.7 Å². The standard InChI is InChI=1S/C18H30N3O6PS/c1-10-13(16(22)19(4)5)26-28(25,27-14(11-2)17(23)20(6)7)29-15(12-3)18(24)21(8)9/h10-12H,1-9H3/b13-10+,14-11+,15-12+. The van der Waals surface area contributed by atoms with Gasteiger partial charge in [0, 0.05) is 53.7 Å². The van der Waals surface area contributed by atoms with Crippen LogP contribution in [0.15, 0.2) is 34.7 Å². The molecule has 0 spiro atoms. The second-order valence-corrected chi connectivity index (χ2v) is 10.0. The van der Waals surface area contributed by atoms with Gasteiger partial charge in [0.2, 0.25) is 0 Å². The van der Waals surface area contributed by atoms with Gasteiger partial charge in [-0.2, -0.15) is 0 Å². The van der Waals surface area contributed by atoms with Crippen LogP contribution in [-0.2, 0) is 28.0 Å². The number of amides is 3. The van der Waals surface area contributed by atoms with E-state index in [1.54, 1.807) is 21.0 Å². The molecule has 29 heavy (non-hydrogen) atoms. The van der Waals surface area contributed by atoms with E-state index in [2.05, 4.69) is 0 Å². The Bertz CT molecular complexity index is 672. The van der Waals surface area contributed by atoms with Gasteiger partial charge in [0.1, 0.15) is 0 Å². The molecule has 0 rings (SSSR count). The average Bonchev–Trinajstić information content (AvgIpc) is 2.66. The van der Waals surface area contributed by atoms with E-state index >= 15 is 0 Å². The van der Waals surface area contributed by atoms with Crippen molar-refractivity contribution in [3.8, 4) is 0 Å². The van der Waals surface area contributed by atoms with Crippen LogP contribution in [0.25, 0.3) is 0 Å². The molecular weight excluding hydrogens is 417 g/mol. The third kappa shape index (κ3) is 7.98. The summed E-state index contributed by atoms with van der Waals surface area (Å²) in [7, 11) is 9.11. The Labute approximate surface area is 176 Å². The van der Waals surface area contributed by atoms with E-state index in [9.17, 15) is 18.9 Å². The monoisotopic (exact) mass is 447 g/mol. The van der Waals surface area contributed by atoms with Gasteiger partial charge in [-0.05, 0) is 32.9 Å². The highest BCUT2D eigenvalue weighted by atomic mass is 32.7. The van der Waals surface area contributed by atoms with Gasteiger partial charge in [-0.15, -0.1) is 0 Å². The lowest BCUT2D eigenvalue weighted by Gasteiger charge is -2.24. The van der Waals surface area contributed by atoms with Crippen molar-refractivity contribution in [2.75, 3.05) is 42.3 Å². The Hall–Kier alpha value is -2.19. The van der Waals surface area contributed by atoms with Crippen molar-refractivity contribution in [2.24, 2.45) is 0 Å².